The van der Waals surface area contributed by atoms with Crippen molar-refractivity contribution in [3.63, 3.8) is 0 Å². The number of hydrogen-bond acceptors (Lipinski definition) is 11. The Morgan fingerprint density at radius 1 is 0.898 bits per heavy atom. The molecule has 2 aliphatic heterocycles. The number of thiophene rings is 1. The molecule has 4 heterocycles. The topological polar surface area (TPSA) is 154 Å². The smallest absolute Gasteiger partial charge is 0.253 e. The number of fused-ring (bicyclic) bond motifs is 4. The lowest BCUT2D eigenvalue weighted by molar-refractivity contribution is -0.123. The predicted molar refractivity (Wildman–Crippen MR) is 225 cm³/mol. The standard InChI is InChI=1S/C44H51ClN6O7S/c1-27-28(2)59-44-40(27)41(30-10-12-34(45)13-11-30)47-38(42-49-48-29(3)51(42)44)25-36(52)7-5-16-56-18-20-58-21-19-57-17-14-39(54)46-35-6-4-15-50(26-35)43(55)32-9-8-31-23-37(53)24-33(31)22-32/h8-13,22,35,38H,4-7,14-21,23-26H2,1-3H3,(H,46,54)/t35?,38-/m0/s1. The van der Waals surface area contributed by atoms with Crippen molar-refractivity contribution in [2.75, 3.05) is 52.7 Å². The largest absolute Gasteiger partial charge is 0.379 e. The van der Waals surface area contributed by atoms with Crippen LogP contribution in [0.15, 0.2) is 47.5 Å². The van der Waals surface area contributed by atoms with Crippen LogP contribution < -0.4 is 5.32 Å². The fourth-order valence-electron chi connectivity index (χ4n) is 7.87. The van der Waals surface area contributed by atoms with Gasteiger partial charge in [0.1, 0.15) is 28.4 Å². The highest BCUT2D eigenvalue weighted by Gasteiger charge is 2.32. The van der Waals surface area contributed by atoms with Gasteiger partial charge in [0.2, 0.25) is 5.91 Å². The Hall–Kier alpha value is -4.60. The summed E-state index contributed by atoms with van der Waals surface area (Å²) >= 11 is 7.90. The van der Waals surface area contributed by atoms with Gasteiger partial charge in [0.15, 0.2) is 5.82 Å². The van der Waals surface area contributed by atoms with Crippen LogP contribution in [0, 0.1) is 20.8 Å². The van der Waals surface area contributed by atoms with E-state index in [4.69, 9.17) is 30.8 Å². The number of hydrogen-bond donors (Lipinski definition) is 1. The number of amides is 2. The number of halogens is 1. The van der Waals surface area contributed by atoms with Crippen molar-refractivity contribution in [3.8, 4) is 5.00 Å². The van der Waals surface area contributed by atoms with Crippen molar-refractivity contribution < 1.29 is 33.4 Å². The quantitative estimate of drug-likeness (QED) is 0.118. The molecule has 7 rings (SSSR count). The predicted octanol–water partition coefficient (Wildman–Crippen LogP) is 6.07. The molecule has 0 saturated carbocycles. The Labute approximate surface area is 353 Å². The SMILES string of the molecule is Cc1sc2c(c1C)C(c1ccc(Cl)cc1)=N[C@@H](CC(=O)CCCOCCOCCOCCC(=O)NC1CCCN(C(=O)c3ccc4c(c3)CC(=O)C4)C1)c1nnc(C)n1-2. The van der Waals surface area contributed by atoms with E-state index >= 15 is 0 Å². The summed E-state index contributed by atoms with van der Waals surface area (Å²) < 4.78 is 19.0. The molecule has 2 amide bonds. The zero-order valence-corrected chi connectivity index (χ0v) is 35.5. The van der Waals surface area contributed by atoms with E-state index in [1.54, 1.807) is 22.3 Å². The van der Waals surface area contributed by atoms with Gasteiger partial charge in [-0.05, 0) is 81.0 Å². The summed E-state index contributed by atoms with van der Waals surface area (Å²) in [5, 5.41) is 13.6. The number of Topliss-reactive ketones (excluding diaryl/α,β-unsaturated/α-hetero) is 2. The van der Waals surface area contributed by atoms with E-state index in [2.05, 4.69) is 33.9 Å². The third-order valence-corrected chi connectivity index (χ3v) is 12.5. The van der Waals surface area contributed by atoms with E-state index in [9.17, 15) is 19.2 Å². The van der Waals surface area contributed by atoms with E-state index < -0.39 is 6.04 Å². The maximum absolute atomic E-state index is 13.3. The minimum absolute atomic E-state index is 0.0679. The minimum Gasteiger partial charge on any atom is -0.379 e. The number of carbonyl (C=O) groups is 4. The van der Waals surface area contributed by atoms with Gasteiger partial charge in [0, 0.05) is 84.4 Å². The molecule has 312 valence electrons. The highest BCUT2D eigenvalue weighted by Crippen LogP contribution is 2.40. The molecule has 1 fully saturated rings. The van der Waals surface area contributed by atoms with Crippen LogP contribution in [0.5, 0.6) is 0 Å². The highest BCUT2D eigenvalue weighted by molar-refractivity contribution is 7.15. The van der Waals surface area contributed by atoms with Gasteiger partial charge in [-0.1, -0.05) is 29.8 Å². The molecule has 2 aromatic carbocycles. The molecule has 15 heteroatoms. The molecule has 59 heavy (non-hydrogen) atoms. The van der Waals surface area contributed by atoms with Gasteiger partial charge >= 0.3 is 0 Å². The minimum atomic E-state index is -0.490. The third-order valence-electron chi connectivity index (χ3n) is 11.0. The van der Waals surface area contributed by atoms with Crippen LogP contribution >= 0.6 is 22.9 Å². The van der Waals surface area contributed by atoms with Gasteiger partial charge in [0.25, 0.3) is 5.91 Å². The van der Waals surface area contributed by atoms with Crippen LogP contribution in [0.3, 0.4) is 0 Å². The average molecular weight is 843 g/mol. The first-order chi connectivity index (χ1) is 28.5. The van der Waals surface area contributed by atoms with Crippen molar-refractivity contribution in [2.45, 2.75) is 84.2 Å². The number of piperidine rings is 1. The van der Waals surface area contributed by atoms with E-state index in [1.807, 2.05) is 43.3 Å². The lowest BCUT2D eigenvalue weighted by Gasteiger charge is -2.33. The number of likely N-dealkylation sites (tertiary alicyclic amines) is 1. The summed E-state index contributed by atoms with van der Waals surface area (Å²) in [6, 6.07) is 12.6. The van der Waals surface area contributed by atoms with Gasteiger partial charge in [-0.25, -0.2) is 0 Å². The second-order valence-electron chi connectivity index (χ2n) is 15.4. The molecule has 1 N–H and O–H groups in total. The lowest BCUT2D eigenvalue weighted by Crippen LogP contribution is -2.49. The highest BCUT2D eigenvalue weighted by atomic mass is 35.5. The molecular formula is C44H51ClN6O7S. The van der Waals surface area contributed by atoms with Gasteiger partial charge < -0.3 is 24.4 Å². The van der Waals surface area contributed by atoms with Crippen LogP contribution in [0.1, 0.15) is 99.3 Å². The molecule has 0 spiro atoms. The molecule has 13 nitrogen and oxygen atoms in total. The van der Waals surface area contributed by atoms with E-state index in [0.717, 1.165) is 57.2 Å². The fourth-order valence-corrected chi connectivity index (χ4v) is 9.21. The molecule has 2 aromatic heterocycles. The zero-order chi connectivity index (χ0) is 41.5. The number of ketones is 2. The van der Waals surface area contributed by atoms with Gasteiger partial charge in [-0.3, -0.25) is 28.7 Å². The summed E-state index contributed by atoms with van der Waals surface area (Å²) in [5.74, 6) is 1.49. The Morgan fingerprint density at radius 3 is 2.41 bits per heavy atom. The Kier molecular flexibility index (Phi) is 14.2. The summed E-state index contributed by atoms with van der Waals surface area (Å²) in [7, 11) is 0. The summed E-state index contributed by atoms with van der Waals surface area (Å²) in [6.07, 6.45) is 3.80. The molecule has 3 aliphatic rings. The maximum atomic E-state index is 13.3. The number of carbonyl (C=O) groups excluding carboxylic acids is 4. The van der Waals surface area contributed by atoms with Crippen molar-refractivity contribution >= 4 is 52.0 Å². The number of benzene rings is 2. The van der Waals surface area contributed by atoms with Gasteiger partial charge in [-0.15, -0.1) is 21.5 Å². The number of aryl methyl sites for hydroxylation is 2. The van der Waals surface area contributed by atoms with Crippen molar-refractivity contribution in [2.24, 2.45) is 4.99 Å². The molecule has 1 aliphatic carbocycles. The van der Waals surface area contributed by atoms with E-state index in [1.165, 1.54) is 4.88 Å². The van der Waals surface area contributed by atoms with Crippen molar-refractivity contribution in [1.29, 1.82) is 0 Å². The molecule has 4 aromatic rings. The number of ether oxygens (including phenoxy) is 3. The average Bonchev–Trinajstić information content (AvgIpc) is 3.86. The Bertz CT molecular complexity index is 2220. The van der Waals surface area contributed by atoms with Crippen molar-refractivity contribution in [1.82, 2.24) is 25.0 Å². The molecular weight excluding hydrogens is 792 g/mol. The van der Waals surface area contributed by atoms with Crippen LogP contribution in [0.4, 0.5) is 0 Å². The Balaban J connectivity index is 0.760. The molecule has 1 unspecified atom stereocenters. The lowest BCUT2D eigenvalue weighted by atomic mass is 9.99. The van der Waals surface area contributed by atoms with E-state index in [-0.39, 0.29) is 48.9 Å². The number of aliphatic imine (C=N–C) groups is 1. The second kappa shape index (κ2) is 19.6. The maximum Gasteiger partial charge on any atom is 0.253 e. The van der Waals surface area contributed by atoms with Gasteiger partial charge in [-0.2, -0.15) is 0 Å². The number of nitrogens with zero attached hydrogens (tertiary/aromatic N) is 5. The normalized spacial score (nSPS) is 17.3. The van der Waals surface area contributed by atoms with Crippen LogP contribution in [-0.4, -0.2) is 108 Å². The van der Waals surface area contributed by atoms with Crippen LogP contribution in [0.25, 0.3) is 5.00 Å². The van der Waals surface area contributed by atoms with Crippen LogP contribution in [0.2, 0.25) is 5.02 Å². The second-order valence-corrected chi connectivity index (χ2v) is 17.0. The first-order valence-corrected chi connectivity index (χ1v) is 21.6. The monoisotopic (exact) mass is 842 g/mol. The van der Waals surface area contributed by atoms with Gasteiger partial charge in [0.05, 0.1) is 38.7 Å². The van der Waals surface area contributed by atoms with Crippen molar-refractivity contribution in [3.05, 3.63) is 97.4 Å². The first kappa shape index (κ1) is 42.5. The summed E-state index contributed by atoms with van der Waals surface area (Å²) in [4.78, 5) is 59.0. The molecule has 0 bridgehead atoms. The zero-order valence-electron chi connectivity index (χ0n) is 33.9. The molecule has 1 saturated heterocycles. The number of rotatable bonds is 18. The summed E-state index contributed by atoms with van der Waals surface area (Å²) in [5.41, 5.74) is 6.47. The molecule has 2 atom stereocenters. The van der Waals surface area contributed by atoms with Crippen LogP contribution in [-0.2, 0) is 41.4 Å². The third kappa shape index (κ3) is 10.4. The fraction of sp³-hybridized carbons (Fsp3) is 0.477. The first-order valence-electron chi connectivity index (χ1n) is 20.4. The molecule has 0 radical (unpaired) electrons. The van der Waals surface area contributed by atoms with E-state index in [0.29, 0.717) is 88.2 Å². The number of aromatic nitrogens is 3. The Morgan fingerprint density at radius 2 is 1.63 bits per heavy atom. The number of nitrogens with one attached hydrogen (secondary N) is 1. The summed E-state index contributed by atoms with van der Waals surface area (Å²) in [6.45, 7) is 9.43.